The lowest BCUT2D eigenvalue weighted by Crippen LogP contribution is -2.21. The predicted molar refractivity (Wildman–Crippen MR) is 71.1 cm³/mol. The lowest BCUT2D eigenvalue weighted by atomic mass is 9.92. The quantitative estimate of drug-likeness (QED) is 0.585. The zero-order valence-corrected chi connectivity index (χ0v) is 11.6. The van der Waals surface area contributed by atoms with E-state index >= 15 is 0 Å². The molecular weight excluding hydrogens is 244 g/mol. The Kier molecular flexibility index (Phi) is 4.10. The van der Waals surface area contributed by atoms with Crippen molar-refractivity contribution in [3.63, 3.8) is 0 Å². The van der Waals surface area contributed by atoms with Crippen molar-refractivity contribution in [3.8, 4) is 5.75 Å². The Labute approximate surface area is 113 Å². The summed E-state index contributed by atoms with van der Waals surface area (Å²) in [5.74, 6) is 0.528. The van der Waals surface area contributed by atoms with Crippen molar-refractivity contribution in [1.29, 1.82) is 0 Å². The molecule has 1 aromatic rings. The van der Waals surface area contributed by atoms with Crippen molar-refractivity contribution in [3.05, 3.63) is 29.8 Å². The highest BCUT2D eigenvalue weighted by molar-refractivity contribution is 5.80. The number of carbonyl (C=O) groups excluding carboxylic acids is 1. The summed E-state index contributed by atoms with van der Waals surface area (Å²) >= 11 is 0. The first-order valence-corrected chi connectivity index (χ1v) is 6.67. The number of carbonyl (C=O) groups is 1. The largest absolute Gasteiger partial charge is 0.497 e. The lowest BCUT2D eigenvalue weighted by Gasteiger charge is -2.11. The third kappa shape index (κ3) is 2.59. The smallest absolute Gasteiger partial charge is 0.338 e. The maximum absolute atomic E-state index is 11.9. The average Bonchev–Trinajstić information content (AvgIpc) is 3.21. The van der Waals surface area contributed by atoms with E-state index in [9.17, 15) is 4.79 Å². The first-order chi connectivity index (χ1) is 9.17. The number of esters is 1. The topological polar surface area (TPSA) is 48.1 Å². The molecule has 1 fully saturated rings. The number of hydrogen-bond donors (Lipinski definition) is 0. The summed E-state index contributed by atoms with van der Waals surface area (Å²) in [5, 5.41) is 0. The molecule has 2 rings (SSSR count). The second-order valence-corrected chi connectivity index (χ2v) is 4.64. The fourth-order valence-electron chi connectivity index (χ4n) is 2.26. The molecule has 1 saturated heterocycles. The van der Waals surface area contributed by atoms with Crippen molar-refractivity contribution >= 4 is 5.97 Å². The van der Waals surface area contributed by atoms with E-state index in [1.807, 2.05) is 38.1 Å². The molecule has 2 atom stereocenters. The van der Waals surface area contributed by atoms with E-state index < -0.39 is 11.7 Å². The minimum atomic E-state index is -0.517. The number of epoxide rings is 1. The van der Waals surface area contributed by atoms with Gasteiger partial charge in [-0.3, -0.25) is 0 Å². The normalized spacial score (nSPS) is 24.9. The van der Waals surface area contributed by atoms with Crippen LogP contribution in [0.25, 0.3) is 0 Å². The molecule has 0 radical (unpaired) electrons. The highest BCUT2D eigenvalue weighted by Gasteiger charge is 2.61. The number of rotatable bonds is 6. The Morgan fingerprint density at radius 3 is 2.53 bits per heavy atom. The van der Waals surface area contributed by atoms with Crippen molar-refractivity contribution in [2.45, 2.75) is 38.4 Å². The first kappa shape index (κ1) is 13.9. The molecule has 0 amide bonds. The van der Waals surface area contributed by atoms with E-state index in [2.05, 4.69) is 0 Å². The van der Waals surface area contributed by atoms with Crippen molar-refractivity contribution < 1.29 is 19.0 Å². The van der Waals surface area contributed by atoms with Gasteiger partial charge in [-0.1, -0.05) is 26.0 Å². The highest BCUT2D eigenvalue weighted by atomic mass is 16.7. The van der Waals surface area contributed by atoms with Crippen molar-refractivity contribution in [2.75, 3.05) is 13.7 Å². The Morgan fingerprint density at radius 2 is 2.00 bits per heavy atom. The van der Waals surface area contributed by atoms with Gasteiger partial charge in [-0.2, -0.15) is 0 Å². The monoisotopic (exact) mass is 264 g/mol. The Hall–Kier alpha value is -1.55. The minimum absolute atomic E-state index is 0.264. The molecule has 1 aliphatic rings. The lowest BCUT2D eigenvalue weighted by molar-refractivity contribution is -0.145. The van der Waals surface area contributed by atoms with Gasteiger partial charge in [-0.15, -0.1) is 0 Å². The van der Waals surface area contributed by atoms with Crippen LogP contribution in [0.3, 0.4) is 0 Å². The van der Waals surface area contributed by atoms with Crippen LogP contribution in [0.15, 0.2) is 24.3 Å². The molecule has 1 heterocycles. The van der Waals surface area contributed by atoms with Crippen LogP contribution in [0.1, 0.15) is 32.3 Å². The van der Waals surface area contributed by atoms with Gasteiger partial charge in [0, 0.05) is 0 Å². The van der Waals surface area contributed by atoms with Crippen LogP contribution < -0.4 is 4.74 Å². The van der Waals surface area contributed by atoms with E-state index in [1.165, 1.54) is 0 Å². The fourth-order valence-corrected chi connectivity index (χ4v) is 2.26. The Bertz CT molecular complexity index is 440. The predicted octanol–water partition coefficient (Wildman–Crippen LogP) is 2.65. The molecule has 1 aromatic carbocycles. The Morgan fingerprint density at radius 1 is 1.32 bits per heavy atom. The molecule has 0 aliphatic carbocycles. The summed E-state index contributed by atoms with van der Waals surface area (Å²) in [7, 11) is 1.63. The van der Waals surface area contributed by atoms with Crippen LogP contribution in [0.4, 0.5) is 0 Å². The molecule has 104 valence electrons. The van der Waals surface area contributed by atoms with Crippen LogP contribution in [0.5, 0.6) is 5.75 Å². The van der Waals surface area contributed by atoms with E-state index in [1.54, 1.807) is 7.11 Å². The van der Waals surface area contributed by atoms with E-state index in [0.717, 1.165) is 24.2 Å². The third-order valence-electron chi connectivity index (χ3n) is 3.46. The first-order valence-electron chi connectivity index (χ1n) is 6.67. The summed E-state index contributed by atoms with van der Waals surface area (Å²) in [5.41, 5.74) is 0.478. The molecule has 0 bridgehead atoms. The van der Waals surface area contributed by atoms with Gasteiger partial charge >= 0.3 is 5.97 Å². The zero-order chi connectivity index (χ0) is 13.9. The highest BCUT2D eigenvalue weighted by Crippen LogP contribution is 2.49. The molecule has 0 spiro atoms. The minimum Gasteiger partial charge on any atom is -0.497 e. The third-order valence-corrected chi connectivity index (χ3v) is 3.46. The van der Waals surface area contributed by atoms with Crippen LogP contribution in [0, 0.1) is 0 Å². The molecule has 1 aliphatic heterocycles. The number of methoxy groups -OCH3 is 1. The maximum atomic E-state index is 11.9. The molecule has 4 heteroatoms. The molecule has 0 aromatic heterocycles. The molecule has 19 heavy (non-hydrogen) atoms. The number of ether oxygens (including phenoxy) is 3. The standard InChI is InChI=1S/C15H20O4/c1-4-10-18-14(16)13-15(5-2,19-13)11-6-8-12(17-3)9-7-11/h6-9,13H,4-5,10H2,1-3H3. The summed E-state index contributed by atoms with van der Waals surface area (Å²) in [6, 6.07) is 7.64. The van der Waals surface area contributed by atoms with E-state index in [-0.39, 0.29) is 5.97 Å². The van der Waals surface area contributed by atoms with Gasteiger partial charge in [-0.25, -0.2) is 4.79 Å². The van der Waals surface area contributed by atoms with E-state index in [4.69, 9.17) is 14.2 Å². The second-order valence-electron chi connectivity index (χ2n) is 4.64. The van der Waals surface area contributed by atoms with Crippen LogP contribution in [0.2, 0.25) is 0 Å². The summed E-state index contributed by atoms with van der Waals surface area (Å²) in [6.07, 6.45) is 1.09. The van der Waals surface area contributed by atoms with Gasteiger partial charge in [-0.05, 0) is 30.5 Å². The SMILES string of the molecule is CCCOC(=O)C1OC1(CC)c1ccc(OC)cc1. The molecule has 0 N–H and O–H groups in total. The molecule has 2 unspecified atom stereocenters. The summed E-state index contributed by atoms with van der Waals surface area (Å²) < 4.78 is 15.9. The van der Waals surface area contributed by atoms with Crippen molar-refractivity contribution in [2.24, 2.45) is 0 Å². The van der Waals surface area contributed by atoms with Gasteiger partial charge in [0.15, 0.2) is 6.10 Å². The van der Waals surface area contributed by atoms with Gasteiger partial charge in [0.05, 0.1) is 13.7 Å². The Balaban J connectivity index is 2.10. The van der Waals surface area contributed by atoms with Gasteiger partial charge < -0.3 is 14.2 Å². The van der Waals surface area contributed by atoms with E-state index in [0.29, 0.717) is 6.61 Å². The molecule has 4 nitrogen and oxygen atoms in total. The molecular formula is C15H20O4. The fraction of sp³-hybridized carbons (Fsp3) is 0.533. The summed E-state index contributed by atoms with van der Waals surface area (Å²) in [4.78, 5) is 11.9. The van der Waals surface area contributed by atoms with Gasteiger partial charge in [0.1, 0.15) is 11.4 Å². The van der Waals surface area contributed by atoms with Gasteiger partial charge in [0.25, 0.3) is 0 Å². The molecule has 0 saturated carbocycles. The summed E-state index contributed by atoms with van der Waals surface area (Å²) in [6.45, 7) is 4.43. The van der Waals surface area contributed by atoms with Crippen LogP contribution in [-0.2, 0) is 19.9 Å². The van der Waals surface area contributed by atoms with Gasteiger partial charge in [0.2, 0.25) is 0 Å². The van der Waals surface area contributed by atoms with Crippen LogP contribution >= 0.6 is 0 Å². The number of hydrogen-bond acceptors (Lipinski definition) is 4. The average molecular weight is 264 g/mol. The second kappa shape index (κ2) is 5.61. The number of benzene rings is 1. The zero-order valence-electron chi connectivity index (χ0n) is 11.6. The van der Waals surface area contributed by atoms with Crippen molar-refractivity contribution in [1.82, 2.24) is 0 Å². The van der Waals surface area contributed by atoms with Crippen LogP contribution in [-0.4, -0.2) is 25.8 Å². The maximum Gasteiger partial charge on any atom is 0.338 e.